The van der Waals surface area contributed by atoms with E-state index >= 15 is 0 Å². The van der Waals surface area contributed by atoms with E-state index in [1.54, 1.807) is 12.2 Å². The van der Waals surface area contributed by atoms with Crippen molar-refractivity contribution in [3.8, 4) is 0 Å². The van der Waals surface area contributed by atoms with Gasteiger partial charge in [0.2, 0.25) is 0 Å². The normalized spacial score (nSPS) is 16.8. The highest BCUT2D eigenvalue weighted by molar-refractivity contribution is 5.43. The van der Waals surface area contributed by atoms with Gasteiger partial charge in [-0.15, -0.1) is 0 Å². The fraction of sp³-hybridized carbons (Fsp3) is 0.231. The van der Waals surface area contributed by atoms with Gasteiger partial charge in [0.05, 0.1) is 0 Å². The van der Waals surface area contributed by atoms with Crippen molar-refractivity contribution in [1.82, 2.24) is 0 Å². The first-order valence-electron chi connectivity index (χ1n) is 9.54. The van der Waals surface area contributed by atoms with Crippen LogP contribution in [0.15, 0.2) is 120 Å². The molecule has 0 aromatic heterocycles. The van der Waals surface area contributed by atoms with Crippen LogP contribution in [0, 0.1) is 0 Å². The molecule has 0 amide bonds. The van der Waals surface area contributed by atoms with Crippen molar-refractivity contribution < 1.29 is 9.47 Å². The summed E-state index contributed by atoms with van der Waals surface area (Å²) < 4.78 is 11.6. The Balaban J connectivity index is 1.87. The van der Waals surface area contributed by atoms with Crippen LogP contribution in [0.25, 0.3) is 0 Å². The molecule has 28 heavy (non-hydrogen) atoms. The Morgan fingerprint density at radius 2 is 1.39 bits per heavy atom. The topological polar surface area (TPSA) is 18.5 Å². The molecule has 0 aromatic carbocycles. The van der Waals surface area contributed by atoms with Crippen LogP contribution >= 0.6 is 0 Å². The highest BCUT2D eigenvalue weighted by Crippen LogP contribution is 2.28. The van der Waals surface area contributed by atoms with Crippen molar-refractivity contribution in [3.63, 3.8) is 0 Å². The van der Waals surface area contributed by atoms with E-state index < -0.39 is 0 Å². The lowest BCUT2D eigenvalue weighted by Gasteiger charge is -2.19. The highest BCUT2D eigenvalue weighted by Gasteiger charge is 2.12. The van der Waals surface area contributed by atoms with Crippen molar-refractivity contribution in [2.75, 3.05) is 0 Å². The van der Waals surface area contributed by atoms with Crippen molar-refractivity contribution in [2.45, 2.75) is 39.5 Å². The first kappa shape index (κ1) is 21.3. The lowest BCUT2D eigenvalue weighted by Crippen LogP contribution is -2.01. The van der Waals surface area contributed by atoms with E-state index in [2.05, 4.69) is 51.5 Å². The average Bonchev–Trinajstić information content (AvgIpc) is 2.67. The molecule has 0 spiro atoms. The van der Waals surface area contributed by atoms with E-state index in [1.165, 1.54) is 11.1 Å². The first-order chi connectivity index (χ1) is 13.3. The summed E-state index contributed by atoms with van der Waals surface area (Å²) in [4.78, 5) is 0. The van der Waals surface area contributed by atoms with E-state index in [4.69, 9.17) is 9.47 Å². The van der Waals surface area contributed by atoms with E-state index in [0.29, 0.717) is 11.5 Å². The van der Waals surface area contributed by atoms with Gasteiger partial charge in [0.1, 0.15) is 23.0 Å². The molecule has 0 N–H and O–H groups in total. The molecule has 2 aliphatic rings. The fourth-order valence-electron chi connectivity index (χ4n) is 2.72. The summed E-state index contributed by atoms with van der Waals surface area (Å²) in [5, 5.41) is 0. The molecule has 0 saturated heterocycles. The number of hydrogen-bond acceptors (Lipinski definition) is 2. The summed E-state index contributed by atoms with van der Waals surface area (Å²) in [6.45, 7) is 19.7. The molecule has 2 heteroatoms. The molecule has 0 bridgehead atoms. The minimum Gasteiger partial charge on any atom is -0.466 e. The van der Waals surface area contributed by atoms with Crippen LogP contribution in [0.5, 0.6) is 0 Å². The van der Waals surface area contributed by atoms with Gasteiger partial charge in [0.25, 0.3) is 0 Å². The van der Waals surface area contributed by atoms with Crippen LogP contribution in [0.4, 0.5) is 0 Å². The Labute approximate surface area is 169 Å². The summed E-state index contributed by atoms with van der Waals surface area (Å²) in [6.07, 6.45) is 19.5. The molecule has 0 aromatic rings. The van der Waals surface area contributed by atoms with Crippen molar-refractivity contribution in [3.05, 3.63) is 120 Å². The minimum atomic E-state index is 0.515. The largest absolute Gasteiger partial charge is 0.466 e. The molecule has 0 fully saturated rings. The van der Waals surface area contributed by atoms with Crippen LogP contribution in [0.2, 0.25) is 0 Å². The number of ether oxygens (including phenoxy) is 2. The van der Waals surface area contributed by atoms with Crippen LogP contribution in [0.1, 0.15) is 39.5 Å². The molecule has 0 radical (unpaired) electrons. The van der Waals surface area contributed by atoms with Gasteiger partial charge in [0, 0.05) is 12.8 Å². The van der Waals surface area contributed by atoms with Crippen LogP contribution in [0.3, 0.4) is 0 Å². The summed E-state index contributed by atoms with van der Waals surface area (Å²) in [5.74, 6) is 3.09. The lowest BCUT2D eigenvalue weighted by molar-refractivity contribution is 0.274. The maximum absolute atomic E-state index is 6.02. The summed E-state index contributed by atoms with van der Waals surface area (Å²) in [6, 6.07) is 0. The number of allylic oxidation sites excluding steroid dienone is 14. The Morgan fingerprint density at radius 1 is 0.786 bits per heavy atom. The standard InChI is InChI=1S/C26H30O2/c1-19(2)7-11-22(5)27-23(6)12-10-21(4)24-13-17-26(18-14-24)28-25-15-8-20(3)9-16-25/h7-8,10-13,15,17H,1,4-6,9,14,16,18H2,2-3H3/b11-7-,12-10-. The van der Waals surface area contributed by atoms with Crippen molar-refractivity contribution in [1.29, 1.82) is 0 Å². The number of hydrogen-bond donors (Lipinski definition) is 0. The Hall–Kier alpha value is -3.00. The summed E-state index contributed by atoms with van der Waals surface area (Å²) in [7, 11) is 0. The van der Waals surface area contributed by atoms with Crippen LogP contribution in [-0.2, 0) is 9.47 Å². The molecular formula is C26H30O2. The zero-order chi connectivity index (χ0) is 20.5. The van der Waals surface area contributed by atoms with Gasteiger partial charge in [-0.1, -0.05) is 61.8 Å². The minimum absolute atomic E-state index is 0.515. The third-order valence-electron chi connectivity index (χ3n) is 4.39. The predicted molar refractivity (Wildman–Crippen MR) is 119 cm³/mol. The van der Waals surface area contributed by atoms with Gasteiger partial charge < -0.3 is 9.47 Å². The maximum Gasteiger partial charge on any atom is 0.120 e. The van der Waals surface area contributed by atoms with E-state index in [0.717, 1.165) is 48.3 Å². The van der Waals surface area contributed by atoms with Gasteiger partial charge >= 0.3 is 0 Å². The second kappa shape index (κ2) is 10.4. The molecule has 146 valence electrons. The van der Waals surface area contributed by atoms with Gasteiger partial charge in [-0.25, -0.2) is 0 Å². The van der Waals surface area contributed by atoms with E-state index in [9.17, 15) is 0 Å². The molecule has 0 heterocycles. The van der Waals surface area contributed by atoms with Crippen molar-refractivity contribution in [2.24, 2.45) is 0 Å². The summed E-state index contributed by atoms with van der Waals surface area (Å²) >= 11 is 0. The third-order valence-corrected chi connectivity index (χ3v) is 4.39. The zero-order valence-electron chi connectivity index (χ0n) is 17.1. The van der Waals surface area contributed by atoms with Gasteiger partial charge in [0.15, 0.2) is 0 Å². The number of rotatable bonds is 9. The van der Waals surface area contributed by atoms with Crippen LogP contribution in [-0.4, -0.2) is 0 Å². The molecule has 2 nitrogen and oxygen atoms in total. The quantitative estimate of drug-likeness (QED) is 0.307. The average molecular weight is 375 g/mol. The Morgan fingerprint density at radius 3 is 1.93 bits per heavy atom. The SMILES string of the molecule is C=C(C)/C=C\C(=C)OC(=C)/C=C\C(=C)C1=CC=C(OC2=CC=C(C)CC2)CC1. The molecule has 2 rings (SSSR count). The predicted octanol–water partition coefficient (Wildman–Crippen LogP) is 7.52. The lowest BCUT2D eigenvalue weighted by atomic mass is 9.97. The molecule has 0 unspecified atom stereocenters. The highest BCUT2D eigenvalue weighted by atomic mass is 16.5. The maximum atomic E-state index is 6.02. The molecule has 0 saturated carbocycles. The van der Waals surface area contributed by atoms with Crippen molar-refractivity contribution >= 4 is 0 Å². The molecule has 0 atom stereocenters. The molecule has 2 aliphatic carbocycles. The summed E-state index contributed by atoms with van der Waals surface area (Å²) in [5.41, 5.74) is 4.46. The molecular weight excluding hydrogens is 344 g/mol. The Kier molecular flexibility index (Phi) is 7.88. The second-order valence-electron chi connectivity index (χ2n) is 7.15. The Bertz CT molecular complexity index is 851. The van der Waals surface area contributed by atoms with Crippen LogP contribution < -0.4 is 0 Å². The smallest absolute Gasteiger partial charge is 0.120 e. The van der Waals surface area contributed by atoms with Gasteiger partial charge in [-0.2, -0.15) is 0 Å². The van der Waals surface area contributed by atoms with Gasteiger partial charge in [-0.05, 0) is 62.1 Å². The molecule has 0 aliphatic heterocycles. The third kappa shape index (κ3) is 7.32. The van der Waals surface area contributed by atoms with E-state index in [1.807, 2.05) is 25.2 Å². The second-order valence-corrected chi connectivity index (χ2v) is 7.15. The fourth-order valence-corrected chi connectivity index (χ4v) is 2.72. The first-order valence-corrected chi connectivity index (χ1v) is 9.54. The van der Waals surface area contributed by atoms with Gasteiger partial charge in [-0.3, -0.25) is 0 Å². The monoisotopic (exact) mass is 374 g/mol. The van der Waals surface area contributed by atoms with E-state index in [-0.39, 0.29) is 0 Å². The zero-order valence-corrected chi connectivity index (χ0v) is 17.1.